The van der Waals surface area contributed by atoms with Crippen molar-refractivity contribution >= 4 is 34.7 Å². The van der Waals surface area contributed by atoms with Gasteiger partial charge in [-0.2, -0.15) is 0 Å². The van der Waals surface area contributed by atoms with E-state index in [9.17, 15) is 9.59 Å². The zero-order valence-corrected chi connectivity index (χ0v) is 15.4. The number of esters is 2. The van der Waals surface area contributed by atoms with Crippen molar-refractivity contribution < 1.29 is 14.3 Å². The Bertz CT molecular complexity index is 780. The Balaban J connectivity index is 2.29. The predicted octanol–water partition coefficient (Wildman–Crippen LogP) is 3.13. The summed E-state index contributed by atoms with van der Waals surface area (Å²) in [5, 5.41) is 12.8. The van der Waals surface area contributed by atoms with Gasteiger partial charge in [-0.3, -0.25) is 4.79 Å². The van der Waals surface area contributed by atoms with Crippen LogP contribution in [0.1, 0.15) is 22.8 Å². The maximum absolute atomic E-state index is 12.1. The van der Waals surface area contributed by atoms with Gasteiger partial charge < -0.3 is 26.0 Å². The van der Waals surface area contributed by atoms with Crippen LogP contribution in [-0.4, -0.2) is 33.1 Å². The van der Waals surface area contributed by atoms with Crippen molar-refractivity contribution in [2.75, 3.05) is 42.4 Å². The fourth-order valence-corrected chi connectivity index (χ4v) is 2.61. The minimum Gasteiger partial charge on any atom is -0.390 e. The standard InChI is InChI=1S/C19H24N4O3/c1-12(24)26-19(25)15-8-6-5-7-13(15)11-23-18-16(21-3)9-14(20-2)10-17(18)22-4/h5-10,20-23H,11H2,1-4H3. The molecule has 2 aromatic rings. The number of ether oxygens (including phenoxy) is 1. The van der Waals surface area contributed by atoms with Crippen LogP contribution in [0.15, 0.2) is 36.4 Å². The third-order valence-electron chi connectivity index (χ3n) is 3.90. The van der Waals surface area contributed by atoms with E-state index in [0.717, 1.165) is 28.3 Å². The van der Waals surface area contributed by atoms with Gasteiger partial charge in [-0.1, -0.05) is 18.2 Å². The number of carbonyl (C=O) groups excluding carboxylic acids is 2. The Labute approximate surface area is 153 Å². The Morgan fingerprint density at radius 3 is 2.12 bits per heavy atom. The summed E-state index contributed by atoms with van der Waals surface area (Å²) in [5.74, 6) is -1.28. The van der Waals surface area contributed by atoms with Crippen LogP contribution >= 0.6 is 0 Å². The van der Waals surface area contributed by atoms with Gasteiger partial charge in [0.1, 0.15) is 0 Å². The van der Waals surface area contributed by atoms with Crippen molar-refractivity contribution in [3.63, 3.8) is 0 Å². The summed E-state index contributed by atoms with van der Waals surface area (Å²) in [7, 11) is 5.55. The molecule has 0 fully saturated rings. The lowest BCUT2D eigenvalue weighted by Crippen LogP contribution is -2.14. The molecule has 0 saturated heterocycles. The molecular formula is C19H24N4O3. The summed E-state index contributed by atoms with van der Waals surface area (Å²) in [5.41, 5.74) is 4.76. The van der Waals surface area contributed by atoms with Gasteiger partial charge in [0.05, 0.1) is 22.6 Å². The molecule has 0 unspecified atom stereocenters. The Kier molecular flexibility index (Phi) is 6.43. The maximum Gasteiger partial charge on any atom is 0.346 e. The van der Waals surface area contributed by atoms with Crippen molar-refractivity contribution in [2.24, 2.45) is 0 Å². The lowest BCUT2D eigenvalue weighted by Gasteiger charge is -2.19. The van der Waals surface area contributed by atoms with Crippen molar-refractivity contribution in [2.45, 2.75) is 13.5 Å². The number of hydrogen-bond acceptors (Lipinski definition) is 7. The molecule has 0 spiro atoms. The first kappa shape index (κ1) is 19.1. The average Bonchev–Trinajstić information content (AvgIpc) is 2.65. The molecule has 0 heterocycles. The number of anilines is 4. The second-order valence-electron chi connectivity index (χ2n) is 5.59. The topological polar surface area (TPSA) is 91.5 Å². The molecular weight excluding hydrogens is 332 g/mol. The lowest BCUT2D eigenvalue weighted by atomic mass is 10.1. The van der Waals surface area contributed by atoms with E-state index < -0.39 is 11.9 Å². The van der Waals surface area contributed by atoms with E-state index in [1.54, 1.807) is 12.1 Å². The third kappa shape index (κ3) is 4.44. The fraction of sp³-hybridized carbons (Fsp3) is 0.263. The molecule has 0 atom stereocenters. The molecule has 4 N–H and O–H groups in total. The smallest absolute Gasteiger partial charge is 0.346 e. The van der Waals surface area contributed by atoms with E-state index in [2.05, 4.69) is 21.3 Å². The Morgan fingerprint density at radius 2 is 1.58 bits per heavy atom. The molecule has 0 aromatic heterocycles. The molecule has 138 valence electrons. The molecule has 0 radical (unpaired) electrons. The van der Waals surface area contributed by atoms with Gasteiger partial charge in [-0.15, -0.1) is 0 Å². The van der Waals surface area contributed by atoms with Crippen LogP contribution in [0.5, 0.6) is 0 Å². The van der Waals surface area contributed by atoms with E-state index in [-0.39, 0.29) is 0 Å². The first-order valence-electron chi connectivity index (χ1n) is 8.26. The summed E-state index contributed by atoms with van der Waals surface area (Å²) in [6.45, 7) is 1.60. The van der Waals surface area contributed by atoms with Gasteiger partial charge in [-0.25, -0.2) is 4.79 Å². The normalized spacial score (nSPS) is 10.0. The molecule has 0 aliphatic rings. The van der Waals surface area contributed by atoms with Gasteiger partial charge in [0.25, 0.3) is 0 Å². The number of rotatable bonds is 7. The zero-order valence-electron chi connectivity index (χ0n) is 15.4. The molecule has 2 rings (SSSR count). The minimum atomic E-state index is -0.650. The van der Waals surface area contributed by atoms with Crippen LogP contribution in [0, 0.1) is 0 Å². The summed E-state index contributed by atoms with van der Waals surface area (Å²) in [6.07, 6.45) is 0. The fourth-order valence-electron chi connectivity index (χ4n) is 2.61. The maximum atomic E-state index is 12.1. The van der Waals surface area contributed by atoms with E-state index in [1.807, 2.05) is 45.4 Å². The van der Waals surface area contributed by atoms with Gasteiger partial charge in [0, 0.05) is 40.3 Å². The molecule has 0 saturated carbocycles. The summed E-state index contributed by atoms with van der Waals surface area (Å²) in [4.78, 5) is 23.2. The number of carbonyl (C=O) groups is 2. The van der Waals surface area contributed by atoms with Crippen molar-refractivity contribution in [1.82, 2.24) is 0 Å². The molecule has 26 heavy (non-hydrogen) atoms. The van der Waals surface area contributed by atoms with Gasteiger partial charge >= 0.3 is 11.9 Å². The Morgan fingerprint density at radius 1 is 0.962 bits per heavy atom. The quantitative estimate of drug-likeness (QED) is 0.447. The highest BCUT2D eigenvalue weighted by Gasteiger charge is 2.15. The number of benzene rings is 2. The van der Waals surface area contributed by atoms with Crippen LogP contribution in [0.2, 0.25) is 0 Å². The monoisotopic (exact) mass is 356 g/mol. The minimum absolute atomic E-state index is 0.360. The number of hydrogen-bond donors (Lipinski definition) is 4. The average molecular weight is 356 g/mol. The first-order chi connectivity index (χ1) is 12.5. The van der Waals surface area contributed by atoms with Crippen molar-refractivity contribution in [3.8, 4) is 0 Å². The molecule has 0 bridgehead atoms. The SMILES string of the molecule is CNc1cc(NC)c(NCc2ccccc2C(=O)OC(C)=O)c(NC)c1. The van der Waals surface area contributed by atoms with Crippen molar-refractivity contribution in [1.29, 1.82) is 0 Å². The number of nitrogens with one attached hydrogen (secondary N) is 4. The van der Waals surface area contributed by atoms with Crippen LogP contribution in [0.4, 0.5) is 22.7 Å². The highest BCUT2D eigenvalue weighted by atomic mass is 16.6. The molecule has 2 aromatic carbocycles. The summed E-state index contributed by atoms with van der Waals surface area (Å²) >= 11 is 0. The third-order valence-corrected chi connectivity index (χ3v) is 3.90. The van der Waals surface area contributed by atoms with Gasteiger partial charge in [-0.05, 0) is 23.8 Å². The van der Waals surface area contributed by atoms with Crippen LogP contribution in [0.3, 0.4) is 0 Å². The molecule has 7 nitrogen and oxygen atoms in total. The zero-order chi connectivity index (χ0) is 19.1. The van der Waals surface area contributed by atoms with Crippen LogP contribution in [-0.2, 0) is 16.1 Å². The van der Waals surface area contributed by atoms with E-state index >= 15 is 0 Å². The second-order valence-corrected chi connectivity index (χ2v) is 5.59. The first-order valence-corrected chi connectivity index (χ1v) is 8.26. The molecule has 0 aliphatic heterocycles. The highest BCUT2D eigenvalue weighted by Crippen LogP contribution is 2.34. The van der Waals surface area contributed by atoms with E-state index in [0.29, 0.717) is 12.1 Å². The highest BCUT2D eigenvalue weighted by molar-refractivity contribution is 5.97. The predicted molar refractivity (Wildman–Crippen MR) is 105 cm³/mol. The van der Waals surface area contributed by atoms with Crippen molar-refractivity contribution in [3.05, 3.63) is 47.5 Å². The lowest BCUT2D eigenvalue weighted by molar-refractivity contribution is -0.135. The second kappa shape index (κ2) is 8.75. The molecule has 7 heteroatoms. The van der Waals surface area contributed by atoms with E-state index in [1.165, 1.54) is 6.92 Å². The Hall–Kier alpha value is -3.22. The molecule has 0 amide bonds. The largest absolute Gasteiger partial charge is 0.390 e. The molecule has 0 aliphatic carbocycles. The van der Waals surface area contributed by atoms with Crippen LogP contribution in [0.25, 0.3) is 0 Å². The van der Waals surface area contributed by atoms with Crippen LogP contribution < -0.4 is 21.3 Å². The van der Waals surface area contributed by atoms with E-state index in [4.69, 9.17) is 4.74 Å². The van der Waals surface area contributed by atoms with Gasteiger partial charge in [0.15, 0.2) is 0 Å². The van der Waals surface area contributed by atoms with Gasteiger partial charge in [0.2, 0.25) is 0 Å². The summed E-state index contributed by atoms with van der Waals surface area (Å²) in [6, 6.07) is 11.0. The summed E-state index contributed by atoms with van der Waals surface area (Å²) < 4.78 is 4.71.